The van der Waals surface area contributed by atoms with E-state index in [-0.39, 0.29) is 10.6 Å². The highest BCUT2D eigenvalue weighted by molar-refractivity contribution is 7.89. The Bertz CT molecular complexity index is 1140. The summed E-state index contributed by atoms with van der Waals surface area (Å²) in [5.74, 6) is -0.574. The highest BCUT2D eigenvalue weighted by Crippen LogP contribution is 2.21. The molecule has 0 aliphatic carbocycles. The molecule has 0 heterocycles. The number of benzene rings is 3. The number of fused-ring (bicyclic) bond motifs is 1. The third kappa shape index (κ3) is 4.36. The normalized spacial score (nSPS) is 11.9. The molecule has 0 fully saturated rings. The zero-order valence-electron chi connectivity index (χ0n) is 15.1. The summed E-state index contributed by atoms with van der Waals surface area (Å²) in [6.07, 6.45) is 1.28. The van der Waals surface area contributed by atoms with E-state index in [0.29, 0.717) is 5.56 Å². The molecule has 8 heteroatoms. The summed E-state index contributed by atoms with van der Waals surface area (Å²) in [6, 6.07) is 18.8. The van der Waals surface area contributed by atoms with Gasteiger partial charge in [0.2, 0.25) is 10.0 Å². The van der Waals surface area contributed by atoms with Crippen LogP contribution in [0.5, 0.6) is 5.75 Å². The van der Waals surface area contributed by atoms with Gasteiger partial charge in [0.15, 0.2) is 0 Å². The van der Waals surface area contributed by atoms with Crippen LogP contribution in [-0.2, 0) is 14.8 Å². The molecule has 0 saturated carbocycles. The molecule has 28 heavy (non-hydrogen) atoms. The van der Waals surface area contributed by atoms with E-state index in [1.807, 2.05) is 24.3 Å². The number of sulfonamides is 1. The summed E-state index contributed by atoms with van der Waals surface area (Å²) in [6.45, 7) is -0.396. The quantitative estimate of drug-likeness (QED) is 0.492. The lowest BCUT2D eigenvalue weighted by molar-refractivity contribution is -0.121. The number of hydrogen-bond acceptors (Lipinski definition) is 5. The van der Waals surface area contributed by atoms with Crippen LogP contribution in [0.15, 0.2) is 76.7 Å². The number of rotatable bonds is 6. The van der Waals surface area contributed by atoms with Gasteiger partial charge in [0.25, 0.3) is 5.91 Å². The minimum Gasteiger partial charge on any atom is -0.507 e. The molecule has 0 radical (unpaired) electrons. The molecule has 144 valence electrons. The average Bonchev–Trinajstić information content (AvgIpc) is 2.69. The Labute approximate surface area is 163 Å². The van der Waals surface area contributed by atoms with Gasteiger partial charge in [0, 0.05) is 12.6 Å². The third-order valence-electron chi connectivity index (χ3n) is 4.13. The number of nitrogens with zero attached hydrogens (tertiary/aromatic N) is 2. The summed E-state index contributed by atoms with van der Waals surface area (Å²) in [4.78, 5) is 12.1. The fourth-order valence-corrected chi connectivity index (χ4v) is 3.76. The lowest BCUT2D eigenvalue weighted by atomic mass is 10.1. The molecule has 0 saturated heterocycles. The number of phenols is 1. The lowest BCUT2D eigenvalue weighted by Gasteiger charge is -2.16. The van der Waals surface area contributed by atoms with E-state index in [1.54, 1.807) is 30.3 Å². The molecule has 0 atom stereocenters. The van der Waals surface area contributed by atoms with Crippen LogP contribution in [0.3, 0.4) is 0 Å². The lowest BCUT2D eigenvalue weighted by Crippen LogP contribution is -2.36. The van der Waals surface area contributed by atoms with Crippen molar-refractivity contribution in [2.75, 3.05) is 13.6 Å². The maximum absolute atomic E-state index is 12.7. The minimum absolute atomic E-state index is 0.0245. The van der Waals surface area contributed by atoms with Gasteiger partial charge in [0.05, 0.1) is 17.7 Å². The molecule has 0 unspecified atom stereocenters. The maximum Gasteiger partial charge on any atom is 0.255 e. The zero-order valence-corrected chi connectivity index (χ0v) is 15.9. The van der Waals surface area contributed by atoms with Crippen molar-refractivity contribution >= 4 is 32.9 Å². The average molecular weight is 397 g/mol. The number of amides is 1. The maximum atomic E-state index is 12.7. The summed E-state index contributed by atoms with van der Waals surface area (Å²) >= 11 is 0. The Morgan fingerprint density at radius 2 is 1.75 bits per heavy atom. The number of para-hydroxylation sites is 1. The number of hydrogen-bond donors (Lipinski definition) is 2. The molecular weight excluding hydrogens is 378 g/mol. The van der Waals surface area contributed by atoms with E-state index in [9.17, 15) is 18.3 Å². The van der Waals surface area contributed by atoms with E-state index in [2.05, 4.69) is 10.5 Å². The monoisotopic (exact) mass is 397 g/mol. The molecule has 0 bridgehead atoms. The van der Waals surface area contributed by atoms with Gasteiger partial charge in [-0.25, -0.2) is 13.8 Å². The summed E-state index contributed by atoms with van der Waals surface area (Å²) in [5.41, 5.74) is 2.69. The molecule has 3 aromatic carbocycles. The van der Waals surface area contributed by atoms with E-state index in [1.165, 1.54) is 25.4 Å². The minimum atomic E-state index is -3.83. The van der Waals surface area contributed by atoms with Gasteiger partial charge >= 0.3 is 0 Å². The van der Waals surface area contributed by atoms with Crippen LogP contribution in [0.25, 0.3) is 10.8 Å². The van der Waals surface area contributed by atoms with E-state index >= 15 is 0 Å². The fourth-order valence-electron chi connectivity index (χ4n) is 2.60. The number of aromatic hydroxyl groups is 1. The van der Waals surface area contributed by atoms with Crippen molar-refractivity contribution in [1.29, 1.82) is 0 Å². The second-order valence-corrected chi connectivity index (χ2v) is 8.17. The third-order valence-corrected chi connectivity index (χ3v) is 5.92. The molecule has 7 nitrogen and oxygen atoms in total. The van der Waals surface area contributed by atoms with Gasteiger partial charge in [-0.05, 0) is 35.0 Å². The number of hydrazone groups is 1. The predicted molar refractivity (Wildman–Crippen MR) is 108 cm³/mol. The largest absolute Gasteiger partial charge is 0.507 e. The van der Waals surface area contributed by atoms with Crippen LogP contribution in [0.1, 0.15) is 5.56 Å². The van der Waals surface area contributed by atoms with Gasteiger partial charge in [-0.15, -0.1) is 0 Å². The van der Waals surface area contributed by atoms with Crippen LogP contribution in [0.2, 0.25) is 0 Å². The van der Waals surface area contributed by atoms with Gasteiger partial charge in [-0.1, -0.05) is 42.5 Å². The van der Waals surface area contributed by atoms with Crippen molar-refractivity contribution in [2.24, 2.45) is 5.10 Å². The first kappa shape index (κ1) is 19.5. The number of carbonyl (C=O) groups is 1. The van der Waals surface area contributed by atoms with Crippen molar-refractivity contribution in [2.45, 2.75) is 4.90 Å². The molecule has 0 aliphatic heterocycles. The van der Waals surface area contributed by atoms with Crippen molar-refractivity contribution in [3.8, 4) is 5.75 Å². The van der Waals surface area contributed by atoms with Crippen molar-refractivity contribution < 1.29 is 18.3 Å². The second kappa shape index (κ2) is 8.20. The molecule has 1 amide bonds. The van der Waals surface area contributed by atoms with Crippen LogP contribution in [0.4, 0.5) is 0 Å². The number of nitrogens with one attached hydrogen (secondary N) is 1. The Morgan fingerprint density at radius 3 is 2.50 bits per heavy atom. The van der Waals surface area contributed by atoms with E-state index in [4.69, 9.17) is 0 Å². The SMILES string of the molecule is CN(CC(=O)NN=Cc1ccccc1O)S(=O)(=O)c1ccc2ccccc2c1. The van der Waals surface area contributed by atoms with Crippen LogP contribution in [-0.4, -0.2) is 43.5 Å². The van der Waals surface area contributed by atoms with Gasteiger partial charge in [-0.2, -0.15) is 9.41 Å². The molecule has 3 rings (SSSR count). The Hall–Kier alpha value is -3.23. The van der Waals surface area contributed by atoms with E-state index in [0.717, 1.165) is 15.1 Å². The first-order chi connectivity index (χ1) is 13.4. The van der Waals surface area contributed by atoms with Crippen LogP contribution < -0.4 is 5.43 Å². The van der Waals surface area contributed by atoms with Gasteiger partial charge in [-0.3, -0.25) is 4.79 Å². The molecule has 2 N–H and O–H groups in total. The van der Waals surface area contributed by atoms with Gasteiger partial charge in [0.1, 0.15) is 5.75 Å². The predicted octanol–water partition coefficient (Wildman–Crippen LogP) is 2.32. The first-order valence-corrected chi connectivity index (χ1v) is 9.87. The number of carbonyl (C=O) groups excluding carboxylic acids is 1. The number of phenolic OH excluding ortho intramolecular Hbond substituents is 1. The summed E-state index contributed by atoms with van der Waals surface area (Å²) < 4.78 is 26.4. The fraction of sp³-hybridized carbons (Fsp3) is 0.100. The standard InChI is InChI=1S/C20H19N3O4S/c1-23(14-20(25)22-21-13-17-8-4-5-9-19(17)24)28(26,27)18-11-10-15-6-2-3-7-16(15)12-18/h2-13,24H,14H2,1H3,(H,22,25). The topological polar surface area (TPSA) is 99.1 Å². The second-order valence-electron chi connectivity index (χ2n) is 6.12. The van der Waals surface area contributed by atoms with Crippen molar-refractivity contribution in [3.63, 3.8) is 0 Å². The van der Waals surface area contributed by atoms with Crippen molar-refractivity contribution in [1.82, 2.24) is 9.73 Å². The van der Waals surface area contributed by atoms with Crippen molar-refractivity contribution in [3.05, 3.63) is 72.3 Å². The molecular formula is C20H19N3O4S. The highest BCUT2D eigenvalue weighted by Gasteiger charge is 2.23. The summed E-state index contributed by atoms with van der Waals surface area (Å²) in [5, 5.41) is 15.1. The van der Waals surface area contributed by atoms with Crippen LogP contribution in [0, 0.1) is 0 Å². The van der Waals surface area contributed by atoms with Crippen LogP contribution >= 0.6 is 0 Å². The van der Waals surface area contributed by atoms with Gasteiger partial charge < -0.3 is 5.11 Å². The molecule has 3 aromatic rings. The zero-order chi connectivity index (χ0) is 20.1. The van der Waals surface area contributed by atoms with E-state index < -0.39 is 22.5 Å². The molecule has 0 spiro atoms. The highest BCUT2D eigenvalue weighted by atomic mass is 32.2. The first-order valence-electron chi connectivity index (χ1n) is 8.43. The smallest absolute Gasteiger partial charge is 0.255 e. The summed E-state index contributed by atoms with van der Waals surface area (Å²) in [7, 11) is -2.50. The Balaban J connectivity index is 1.67. The Kier molecular flexibility index (Phi) is 5.72. The molecule has 0 aliphatic rings. The number of likely N-dealkylation sites (N-methyl/N-ethyl adjacent to an activating group) is 1. The Morgan fingerprint density at radius 1 is 1.07 bits per heavy atom. The molecule has 0 aromatic heterocycles.